The predicted octanol–water partition coefficient (Wildman–Crippen LogP) is 3.57. The minimum Gasteiger partial charge on any atom is -0.497 e. The molecule has 0 heterocycles. The molecule has 132 valence electrons. The van der Waals surface area contributed by atoms with E-state index in [2.05, 4.69) is 10.5 Å². The van der Waals surface area contributed by atoms with Gasteiger partial charge in [-0.15, -0.1) is 0 Å². The number of ether oxygens (including phenoxy) is 2. The van der Waals surface area contributed by atoms with Gasteiger partial charge in [0.05, 0.1) is 19.9 Å². The maximum atomic E-state index is 11.8. The first-order valence-corrected chi connectivity index (χ1v) is 8.39. The highest BCUT2D eigenvalue weighted by Crippen LogP contribution is 2.14. The summed E-state index contributed by atoms with van der Waals surface area (Å²) in [5, 5.41) is 3.98. The standard InChI is InChI=1S/C20H24N2O3/c1-3-25-18-12-10-16(11-13-18)6-5-9-20(23)22-21-15-17-7-4-8-19(14-17)24-2/h4,7-8,10-15H,3,5-6,9H2,1-2H3,(H,22,23)/b21-15+. The summed E-state index contributed by atoms with van der Waals surface area (Å²) in [7, 11) is 1.61. The minimum atomic E-state index is -0.0925. The quantitative estimate of drug-likeness (QED) is 0.561. The average Bonchev–Trinajstić information content (AvgIpc) is 2.63. The van der Waals surface area contributed by atoms with Crippen molar-refractivity contribution in [3.8, 4) is 11.5 Å². The number of nitrogens with zero attached hydrogens (tertiary/aromatic N) is 1. The summed E-state index contributed by atoms with van der Waals surface area (Å²) in [5.74, 6) is 1.53. The number of hydrazone groups is 1. The second-order valence-corrected chi connectivity index (χ2v) is 5.50. The molecule has 1 amide bonds. The number of hydrogen-bond acceptors (Lipinski definition) is 4. The second kappa shape index (κ2) is 10.1. The van der Waals surface area contributed by atoms with E-state index in [1.54, 1.807) is 13.3 Å². The molecular weight excluding hydrogens is 316 g/mol. The number of methoxy groups -OCH3 is 1. The topological polar surface area (TPSA) is 59.9 Å². The zero-order valence-corrected chi connectivity index (χ0v) is 14.7. The van der Waals surface area contributed by atoms with Crippen LogP contribution < -0.4 is 14.9 Å². The van der Waals surface area contributed by atoms with Crippen LogP contribution >= 0.6 is 0 Å². The van der Waals surface area contributed by atoms with Gasteiger partial charge in [-0.3, -0.25) is 4.79 Å². The molecule has 0 spiro atoms. The number of hydrogen-bond donors (Lipinski definition) is 1. The van der Waals surface area contributed by atoms with E-state index in [-0.39, 0.29) is 5.91 Å². The Kier molecular flexibility index (Phi) is 7.50. The van der Waals surface area contributed by atoms with Gasteiger partial charge in [0.1, 0.15) is 11.5 Å². The molecule has 0 radical (unpaired) electrons. The molecule has 0 aromatic heterocycles. The Bertz CT molecular complexity index is 696. The van der Waals surface area contributed by atoms with Crippen LogP contribution in [0.3, 0.4) is 0 Å². The smallest absolute Gasteiger partial charge is 0.240 e. The molecule has 2 aromatic carbocycles. The van der Waals surface area contributed by atoms with Crippen LogP contribution in [0.25, 0.3) is 0 Å². The Morgan fingerprint density at radius 3 is 2.68 bits per heavy atom. The molecule has 0 aliphatic heterocycles. The van der Waals surface area contributed by atoms with Gasteiger partial charge in [-0.2, -0.15) is 5.10 Å². The van der Waals surface area contributed by atoms with Gasteiger partial charge in [-0.25, -0.2) is 5.43 Å². The monoisotopic (exact) mass is 340 g/mol. The molecule has 0 unspecified atom stereocenters. The SMILES string of the molecule is CCOc1ccc(CCCC(=O)N/N=C/c2cccc(OC)c2)cc1. The summed E-state index contributed by atoms with van der Waals surface area (Å²) in [6.07, 6.45) is 3.66. The lowest BCUT2D eigenvalue weighted by atomic mass is 10.1. The highest BCUT2D eigenvalue weighted by atomic mass is 16.5. The van der Waals surface area contributed by atoms with Gasteiger partial charge >= 0.3 is 0 Å². The van der Waals surface area contributed by atoms with Crippen molar-refractivity contribution < 1.29 is 14.3 Å². The van der Waals surface area contributed by atoms with E-state index in [9.17, 15) is 4.79 Å². The van der Waals surface area contributed by atoms with E-state index in [0.29, 0.717) is 13.0 Å². The third-order valence-electron chi connectivity index (χ3n) is 3.60. The van der Waals surface area contributed by atoms with Crippen molar-refractivity contribution in [3.63, 3.8) is 0 Å². The molecule has 2 aromatic rings. The van der Waals surface area contributed by atoms with Gasteiger partial charge in [0, 0.05) is 6.42 Å². The highest BCUT2D eigenvalue weighted by Gasteiger charge is 2.01. The van der Waals surface area contributed by atoms with Crippen molar-refractivity contribution in [1.29, 1.82) is 0 Å². The van der Waals surface area contributed by atoms with E-state index < -0.39 is 0 Å². The zero-order chi connectivity index (χ0) is 17.9. The molecule has 0 aliphatic carbocycles. The fourth-order valence-electron chi connectivity index (χ4n) is 2.33. The van der Waals surface area contributed by atoms with Crippen LogP contribution in [0.2, 0.25) is 0 Å². The van der Waals surface area contributed by atoms with Gasteiger partial charge in [0.15, 0.2) is 0 Å². The Morgan fingerprint density at radius 2 is 1.96 bits per heavy atom. The molecular formula is C20H24N2O3. The fraction of sp³-hybridized carbons (Fsp3) is 0.300. The maximum Gasteiger partial charge on any atom is 0.240 e. The maximum absolute atomic E-state index is 11.8. The van der Waals surface area contributed by atoms with Crippen LogP contribution in [0.15, 0.2) is 53.6 Å². The van der Waals surface area contributed by atoms with E-state index in [4.69, 9.17) is 9.47 Å². The first kappa shape index (κ1) is 18.5. The predicted molar refractivity (Wildman–Crippen MR) is 99.3 cm³/mol. The Balaban J connectivity index is 1.70. The number of amides is 1. The van der Waals surface area contributed by atoms with Crippen molar-refractivity contribution in [2.45, 2.75) is 26.2 Å². The fourth-order valence-corrected chi connectivity index (χ4v) is 2.33. The normalized spacial score (nSPS) is 10.6. The Hall–Kier alpha value is -2.82. The molecule has 0 fully saturated rings. The van der Waals surface area contributed by atoms with Gasteiger partial charge in [-0.1, -0.05) is 24.3 Å². The molecule has 2 rings (SSSR count). The summed E-state index contributed by atoms with van der Waals surface area (Å²) < 4.78 is 10.6. The first-order valence-electron chi connectivity index (χ1n) is 8.39. The van der Waals surface area contributed by atoms with Crippen LogP contribution in [0, 0.1) is 0 Å². The lowest BCUT2D eigenvalue weighted by Crippen LogP contribution is -2.17. The molecule has 5 nitrogen and oxygen atoms in total. The lowest BCUT2D eigenvalue weighted by molar-refractivity contribution is -0.121. The van der Waals surface area contributed by atoms with Crippen LogP contribution in [-0.4, -0.2) is 25.8 Å². The highest BCUT2D eigenvalue weighted by molar-refractivity contribution is 5.82. The van der Waals surface area contributed by atoms with Crippen molar-refractivity contribution in [3.05, 3.63) is 59.7 Å². The van der Waals surface area contributed by atoms with Crippen LogP contribution in [-0.2, 0) is 11.2 Å². The van der Waals surface area contributed by atoms with Crippen LogP contribution in [0.5, 0.6) is 11.5 Å². The Morgan fingerprint density at radius 1 is 1.16 bits per heavy atom. The summed E-state index contributed by atoms with van der Waals surface area (Å²) >= 11 is 0. The Labute approximate surface area is 148 Å². The largest absolute Gasteiger partial charge is 0.497 e. The lowest BCUT2D eigenvalue weighted by Gasteiger charge is -2.05. The molecule has 0 bridgehead atoms. The first-order chi connectivity index (χ1) is 12.2. The van der Waals surface area contributed by atoms with E-state index >= 15 is 0 Å². The zero-order valence-electron chi connectivity index (χ0n) is 14.7. The summed E-state index contributed by atoms with van der Waals surface area (Å²) in [4.78, 5) is 11.8. The molecule has 25 heavy (non-hydrogen) atoms. The van der Waals surface area contributed by atoms with Gasteiger partial charge in [0.2, 0.25) is 5.91 Å². The van der Waals surface area contributed by atoms with Crippen LogP contribution in [0.1, 0.15) is 30.9 Å². The number of aryl methyl sites for hydroxylation is 1. The van der Waals surface area contributed by atoms with Crippen molar-refractivity contribution in [2.24, 2.45) is 5.10 Å². The number of carbonyl (C=O) groups is 1. The van der Waals surface area contributed by atoms with E-state index in [1.807, 2.05) is 55.5 Å². The van der Waals surface area contributed by atoms with E-state index in [1.165, 1.54) is 5.56 Å². The van der Waals surface area contributed by atoms with Gasteiger partial charge in [-0.05, 0) is 55.2 Å². The molecule has 0 atom stereocenters. The number of benzene rings is 2. The summed E-state index contributed by atoms with van der Waals surface area (Å²) in [6, 6.07) is 15.4. The molecule has 0 aliphatic rings. The molecule has 5 heteroatoms. The summed E-state index contributed by atoms with van der Waals surface area (Å²) in [5.41, 5.74) is 4.61. The molecule has 0 saturated heterocycles. The van der Waals surface area contributed by atoms with Crippen molar-refractivity contribution in [1.82, 2.24) is 5.43 Å². The number of carbonyl (C=O) groups excluding carboxylic acids is 1. The van der Waals surface area contributed by atoms with Crippen molar-refractivity contribution in [2.75, 3.05) is 13.7 Å². The minimum absolute atomic E-state index is 0.0925. The van der Waals surface area contributed by atoms with Gasteiger partial charge < -0.3 is 9.47 Å². The van der Waals surface area contributed by atoms with Gasteiger partial charge in [0.25, 0.3) is 0 Å². The molecule has 1 N–H and O–H groups in total. The number of rotatable bonds is 9. The number of nitrogens with one attached hydrogen (secondary N) is 1. The second-order valence-electron chi connectivity index (χ2n) is 5.50. The average molecular weight is 340 g/mol. The third kappa shape index (κ3) is 6.67. The summed E-state index contributed by atoms with van der Waals surface area (Å²) in [6.45, 7) is 2.62. The van der Waals surface area contributed by atoms with E-state index in [0.717, 1.165) is 29.9 Å². The third-order valence-corrected chi connectivity index (χ3v) is 3.60. The van der Waals surface area contributed by atoms with Crippen LogP contribution in [0.4, 0.5) is 0 Å². The van der Waals surface area contributed by atoms with Crippen molar-refractivity contribution >= 4 is 12.1 Å². The molecule has 0 saturated carbocycles.